The lowest BCUT2D eigenvalue weighted by molar-refractivity contribution is -0.384. The van der Waals surface area contributed by atoms with Crippen molar-refractivity contribution in [1.82, 2.24) is 5.32 Å². The van der Waals surface area contributed by atoms with Crippen molar-refractivity contribution in [3.63, 3.8) is 0 Å². The quantitative estimate of drug-likeness (QED) is 0.271. The number of barbiturate groups is 1. The Balaban J connectivity index is 1.64. The Morgan fingerprint density at radius 2 is 1.92 bits per heavy atom. The van der Waals surface area contributed by atoms with Gasteiger partial charge in [-0.25, -0.2) is 9.69 Å². The number of benzene rings is 2. The van der Waals surface area contributed by atoms with Gasteiger partial charge in [0.05, 0.1) is 36.3 Å². The highest BCUT2D eigenvalue weighted by Crippen LogP contribution is 2.49. The number of urea groups is 1. The number of carbonyl (C=O) groups is 4. The fraction of sp³-hybridized carbons (Fsp3) is 0.385. The molecule has 3 atom stereocenters. The summed E-state index contributed by atoms with van der Waals surface area (Å²) in [7, 11) is 1.48. The maximum atomic E-state index is 14.3. The molecule has 0 aromatic heterocycles. The third-order valence-corrected chi connectivity index (χ3v) is 7.59. The number of hydrogen-bond donors (Lipinski definition) is 1. The van der Waals surface area contributed by atoms with E-state index in [2.05, 4.69) is 5.32 Å². The lowest BCUT2D eigenvalue weighted by atomic mass is 9.64. The highest BCUT2D eigenvalue weighted by Gasteiger charge is 2.63. The first-order chi connectivity index (χ1) is 18.2. The Bertz CT molecular complexity index is 1340. The highest BCUT2D eigenvalue weighted by molar-refractivity contribution is 6.30. The van der Waals surface area contributed by atoms with Crippen LogP contribution in [0, 0.1) is 21.4 Å². The maximum Gasteiger partial charge on any atom is 0.335 e. The molecule has 0 bridgehead atoms. The molecule has 0 saturated carbocycles. The average molecular weight is 523 g/mol. The van der Waals surface area contributed by atoms with Crippen molar-refractivity contribution in [2.24, 2.45) is 11.3 Å². The first-order valence-corrected chi connectivity index (χ1v) is 12.3. The normalized spacial score (nSPS) is 24.4. The largest absolute Gasteiger partial charge is 0.497 e. The molecule has 1 N–H and O–H groups in total. The molecule has 0 unspecified atom stereocenters. The molecule has 0 aliphatic carbocycles. The van der Waals surface area contributed by atoms with Crippen LogP contribution in [0.25, 0.3) is 0 Å². The summed E-state index contributed by atoms with van der Waals surface area (Å²) < 4.78 is 10.4. The highest BCUT2D eigenvalue weighted by atomic mass is 16.6. The van der Waals surface area contributed by atoms with Crippen molar-refractivity contribution in [3.8, 4) is 5.75 Å². The number of nitrogens with zero attached hydrogens (tertiary/aromatic N) is 3. The van der Waals surface area contributed by atoms with Gasteiger partial charge in [0.2, 0.25) is 5.91 Å². The minimum atomic E-state index is -1.82. The van der Waals surface area contributed by atoms with E-state index >= 15 is 0 Å². The summed E-state index contributed by atoms with van der Waals surface area (Å²) in [6.07, 6.45) is 0.378. The van der Waals surface area contributed by atoms with Gasteiger partial charge in [0.25, 0.3) is 11.6 Å². The van der Waals surface area contributed by atoms with E-state index in [9.17, 15) is 29.3 Å². The van der Waals surface area contributed by atoms with Crippen molar-refractivity contribution in [2.75, 3.05) is 30.1 Å². The molecule has 5 rings (SSSR count). The average Bonchev–Trinajstić information content (AvgIpc) is 2.91. The van der Waals surface area contributed by atoms with Crippen molar-refractivity contribution >= 4 is 40.9 Å². The van der Waals surface area contributed by atoms with Crippen LogP contribution in [0.2, 0.25) is 0 Å². The molecule has 0 radical (unpaired) electrons. The Hall–Kier alpha value is -4.48. The monoisotopic (exact) mass is 522 g/mol. The van der Waals surface area contributed by atoms with Crippen LogP contribution in [0.1, 0.15) is 25.3 Å². The standard InChI is InChI=1S/C26H26N4O8/c1-3-38-22(31)15-10-11-28-20-9-6-18(30(35)36)12-16(20)14-26(21(28)13-15)23(32)27-25(34)29(24(26)33)17-4-7-19(37-2)8-5-17/h4-9,12,15,21H,3,10-11,13-14H2,1-2H3,(H,27,32,34)/t15-,21+,26-/m1/s1. The lowest BCUT2D eigenvalue weighted by Crippen LogP contribution is -2.73. The molecule has 12 nitrogen and oxygen atoms in total. The molecule has 4 amide bonds. The number of fused-ring (bicyclic) bond motifs is 4. The van der Waals surface area contributed by atoms with E-state index in [1.54, 1.807) is 25.1 Å². The third-order valence-electron chi connectivity index (χ3n) is 7.59. The predicted octanol–water partition coefficient (Wildman–Crippen LogP) is 2.58. The second kappa shape index (κ2) is 9.43. The van der Waals surface area contributed by atoms with Gasteiger partial charge in [-0.3, -0.25) is 29.8 Å². The van der Waals surface area contributed by atoms with Crippen molar-refractivity contribution in [2.45, 2.75) is 32.2 Å². The zero-order valence-corrected chi connectivity index (χ0v) is 20.8. The number of piperidine rings is 1. The maximum absolute atomic E-state index is 14.3. The molecule has 38 heavy (non-hydrogen) atoms. The van der Waals surface area contributed by atoms with Gasteiger partial charge in [0.1, 0.15) is 5.75 Å². The minimum absolute atomic E-state index is 0.138. The number of nitrogens with one attached hydrogen (secondary N) is 1. The van der Waals surface area contributed by atoms with E-state index in [0.717, 1.165) is 4.90 Å². The first-order valence-electron chi connectivity index (χ1n) is 12.3. The van der Waals surface area contributed by atoms with Gasteiger partial charge in [-0.15, -0.1) is 0 Å². The number of imide groups is 2. The topological polar surface area (TPSA) is 148 Å². The molecule has 1 spiro atoms. The van der Waals surface area contributed by atoms with Crippen LogP contribution in [0.3, 0.4) is 0 Å². The second-order valence-electron chi connectivity index (χ2n) is 9.50. The number of nitro benzene ring substituents is 1. The number of esters is 1. The summed E-state index contributed by atoms with van der Waals surface area (Å²) >= 11 is 0. The summed E-state index contributed by atoms with van der Waals surface area (Å²) in [6.45, 7) is 2.22. The van der Waals surface area contributed by atoms with Gasteiger partial charge in [-0.1, -0.05) is 0 Å². The smallest absolute Gasteiger partial charge is 0.335 e. The number of ether oxygens (including phenoxy) is 2. The second-order valence-corrected chi connectivity index (χ2v) is 9.50. The lowest BCUT2D eigenvalue weighted by Gasteiger charge is -2.54. The zero-order chi connectivity index (χ0) is 27.2. The molecule has 12 heteroatoms. The SMILES string of the molecule is CCOC(=O)[C@@H]1CCN2c3ccc([N+](=O)[O-])cc3C[C@]3(C(=O)NC(=O)N(c4ccc(OC)cc4)C3=O)[C@@H]2C1. The zero-order valence-electron chi connectivity index (χ0n) is 20.8. The molecule has 2 fully saturated rings. The number of methoxy groups -OCH3 is 1. The number of non-ortho nitro benzene ring substituents is 1. The van der Waals surface area contributed by atoms with E-state index < -0.39 is 46.1 Å². The van der Waals surface area contributed by atoms with E-state index in [0.29, 0.717) is 30.0 Å². The number of amides is 4. The van der Waals surface area contributed by atoms with Crippen LogP contribution >= 0.6 is 0 Å². The van der Waals surface area contributed by atoms with Crippen LogP contribution < -0.4 is 19.9 Å². The fourth-order valence-corrected chi connectivity index (χ4v) is 5.79. The van der Waals surface area contributed by atoms with E-state index in [1.807, 2.05) is 4.90 Å². The van der Waals surface area contributed by atoms with Crippen LogP contribution in [0.15, 0.2) is 42.5 Å². The van der Waals surface area contributed by atoms with Crippen molar-refractivity contribution < 1.29 is 33.6 Å². The number of rotatable bonds is 5. The fourth-order valence-electron chi connectivity index (χ4n) is 5.79. The van der Waals surface area contributed by atoms with Gasteiger partial charge >= 0.3 is 12.0 Å². The van der Waals surface area contributed by atoms with Crippen LogP contribution in [0.4, 0.5) is 21.9 Å². The van der Waals surface area contributed by atoms with E-state index in [1.165, 1.54) is 31.4 Å². The Kier molecular flexibility index (Phi) is 6.25. The van der Waals surface area contributed by atoms with Gasteiger partial charge in [-0.2, -0.15) is 0 Å². The third kappa shape index (κ3) is 3.83. The van der Waals surface area contributed by atoms with Crippen molar-refractivity contribution in [1.29, 1.82) is 0 Å². The van der Waals surface area contributed by atoms with Crippen LogP contribution in [0.5, 0.6) is 5.75 Å². The molecule has 198 valence electrons. The van der Waals surface area contributed by atoms with Crippen LogP contribution in [-0.2, 0) is 25.5 Å². The van der Waals surface area contributed by atoms with Gasteiger partial charge in [-0.05, 0) is 55.7 Å². The van der Waals surface area contributed by atoms with Crippen molar-refractivity contribution in [3.05, 3.63) is 58.1 Å². The number of carbonyl (C=O) groups excluding carboxylic acids is 4. The molecule has 3 heterocycles. The molecule has 2 aromatic carbocycles. The van der Waals surface area contributed by atoms with Gasteiger partial charge in [0, 0.05) is 30.8 Å². The van der Waals surface area contributed by atoms with Gasteiger partial charge in [0.15, 0.2) is 5.41 Å². The predicted molar refractivity (Wildman–Crippen MR) is 134 cm³/mol. The number of hydrogen-bond acceptors (Lipinski definition) is 9. The molecular formula is C26H26N4O8. The van der Waals surface area contributed by atoms with Gasteiger partial charge < -0.3 is 14.4 Å². The Labute approximate surface area is 217 Å². The summed E-state index contributed by atoms with van der Waals surface area (Å²) in [6, 6.07) is 8.88. The summed E-state index contributed by atoms with van der Waals surface area (Å²) in [5.41, 5.74) is -0.666. The van der Waals surface area contributed by atoms with Crippen LogP contribution in [-0.4, -0.2) is 55.0 Å². The summed E-state index contributed by atoms with van der Waals surface area (Å²) in [4.78, 5) is 67.4. The van der Waals surface area contributed by atoms with E-state index in [4.69, 9.17) is 9.47 Å². The number of nitro groups is 1. The molecule has 3 aliphatic heterocycles. The summed E-state index contributed by atoms with van der Waals surface area (Å²) in [5.74, 6) is -2.01. The summed E-state index contributed by atoms with van der Waals surface area (Å²) in [5, 5.41) is 13.8. The molecule has 2 aromatic rings. The van der Waals surface area contributed by atoms with E-state index in [-0.39, 0.29) is 30.8 Å². The Morgan fingerprint density at radius 3 is 2.58 bits per heavy atom. The minimum Gasteiger partial charge on any atom is -0.497 e. The molecular weight excluding hydrogens is 496 g/mol. The number of anilines is 2. The Morgan fingerprint density at radius 1 is 1.18 bits per heavy atom. The molecule has 2 saturated heterocycles. The molecule has 3 aliphatic rings. The first kappa shape index (κ1) is 25.2.